The van der Waals surface area contributed by atoms with Crippen LogP contribution in [0.1, 0.15) is 15.9 Å². The van der Waals surface area contributed by atoms with E-state index in [2.05, 4.69) is 26.2 Å². The second kappa shape index (κ2) is 5.18. The second-order valence-corrected chi connectivity index (χ2v) is 4.79. The van der Waals surface area contributed by atoms with Crippen molar-refractivity contribution in [1.29, 1.82) is 0 Å². The molecule has 0 unspecified atom stereocenters. The van der Waals surface area contributed by atoms with Gasteiger partial charge in [0.25, 0.3) is 5.91 Å². The fraction of sp³-hybridized carbons (Fsp3) is 0.0769. The molecule has 0 bridgehead atoms. The van der Waals surface area contributed by atoms with Crippen LogP contribution in [-0.2, 0) is 0 Å². The Kier molecular flexibility index (Phi) is 3.62. The number of nitrogens with two attached hydrogens (primary N) is 1. The normalized spacial score (nSPS) is 10.1. The van der Waals surface area contributed by atoms with Crippen molar-refractivity contribution in [3.63, 3.8) is 0 Å². The molecule has 2 aromatic rings. The van der Waals surface area contributed by atoms with Crippen molar-refractivity contribution in [2.75, 3.05) is 11.1 Å². The largest absolute Gasteiger partial charge is 0.397 e. The van der Waals surface area contributed by atoms with Gasteiger partial charge in [-0.25, -0.2) is 0 Å². The van der Waals surface area contributed by atoms with Crippen molar-refractivity contribution in [3.05, 3.63) is 52.3 Å². The number of anilines is 2. The topological polar surface area (TPSA) is 68.0 Å². The van der Waals surface area contributed by atoms with E-state index in [1.54, 1.807) is 30.6 Å². The quantitative estimate of drug-likeness (QED) is 0.838. The van der Waals surface area contributed by atoms with Gasteiger partial charge in [0.1, 0.15) is 0 Å². The molecule has 0 saturated heterocycles. The summed E-state index contributed by atoms with van der Waals surface area (Å²) in [5.41, 5.74) is 8.52. The summed E-state index contributed by atoms with van der Waals surface area (Å²) in [4.78, 5) is 15.9. The molecule has 5 heteroatoms. The van der Waals surface area contributed by atoms with Crippen LogP contribution < -0.4 is 11.1 Å². The molecule has 0 aliphatic carbocycles. The number of hydrogen-bond donors (Lipinski definition) is 2. The van der Waals surface area contributed by atoms with Gasteiger partial charge < -0.3 is 11.1 Å². The van der Waals surface area contributed by atoms with Crippen molar-refractivity contribution >= 4 is 33.2 Å². The first-order chi connectivity index (χ1) is 8.58. The molecule has 1 amide bonds. The number of carbonyl (C=O) groups excluding carboxylic acids is 1. The molecule has 0 aliphatic rings. The molecule has 3 N–H and O–H groups in total. The fourth-order valence-corrected chi connectivity index (χ4v) is 2.22. The van der Waals surface area contributed by atoms with Crippen molar-refractivity contribution < 1.29 is 4.79 Å². The lowest BCUT2D eigenvalue weighted by molar-refractivity contribution is 0.102. The van der Waals surface area contributed by atoms with Crippen LogP contribution in [0, 0.1) is 6.92 Å². The third-order valence-electron chi connectivity index (χ3n) is 2.51. The van der Waals surface area contributed by atoms with Crippen LogP contribution in [-0.4, -0.2) is 10.9 Å². The monoisotopic (exact) mass is 305 g/mol. The van der Waals surface area contributed by atoms with Crippen LogP contribution >= 0.6 is 15.9 Å². The fourth-order valence-electron chi connectivity index (χ4n) is 1.63. The van der Waals surface area contributed by atoms with E-state index in [0.717, 1.165) is 10.0 Å². The molecule has 2 rings (SSSR count). The lowest BCUT2D eigenvalue weighted by Gasteiger charge is -2.11. The molecule has 0 fully saturated rings. The highest BCUT2D eigenvalue weighted by molar-refractivity contribution is 9.10. The highest BCUT2D eigenvalue weighted by Crippen LogP contribution is 2.28. The van der Waals surface area contributed by atoms with Crippen LogP contribution in [0.2, 0.25) is 0 Å². The van der Waals surface area contributed by atoms with E-state index in [1.165, 1.54) is 0 Å². The molecule has 0 atom stereocenters. The average molecular weight is 306 g/mol. The van der Waals surface area contributed by atoms with Gasteiger partial charge >= 0.3 is 0 Å². The molecule has 1 aromatic carbocycles. The Morgan fingerprint density at radius 3 is 2.61 bits per heavy atom. The number of nitrogens with zero attached hydrogens (tertiary/aromatic N) is 1. The molecular weight excluding hydrogens is 294 g/mol. The summed E-state index contributed by atoms with van der Waals surface area (Å²) >= 11 is 3.36. The van der Waals surface area contributed by atoms with Crippen molar-refractivity contribution in [2.24, 2.45) is 0 Å². The summed E-state index contributed by atoms with van der Waals surface area (Å²) < 4.78 is 0.888. The molecule has 1 aromatic heterocycles. The molecule has 0 spiro atoms. The summed E-state index contributed by atoms with van der Waals surface area (Å²) in [6, 6.07) is 6.97. The average Bonchev–Trinajstić information content (AvgIpc) is 2.34. The third kappa shape index (κ3) is 2.68. The molecule has 0 aliphatic heterocycles. The number of rotatable bonds is 2. The smallest absolute Gasteiger partial charge is 0.255 e. The number of pyridine rings is 1. The van der Waals surface area contributed by atoms with Gasteiger partial charge in [0, 0.05) is 22.4 Å². The van der Waals surface area contributed by atoms with E-state index in [0.29, 0.717) is 16.9 Å². The highest BCUT2D eigenvalue weighted by atomic mass is 79.9. The van der Waals surface area contributed by atoms with E-state index >= 15 is 0 Å². The zero-order valence-electron chi connectivity index (χ0n) is 9.77. The lowest BCUT2D eigenvalue weighted by atomic mass is 10.1. The number of amides is 1. The molecule has 92 valence electrons. The van der Waals surface area contributed by atoms with E-state index in [4.69, 9.17) is 5.73 Å². The van der Waals surface area contributed by atoms with Crippen molar-refractivity contribution in [2.45, 2.75) is 6.92 Å². The number of aryl methyl sites for hydroxylation is 1. The number of halogens is 1. The number of nitrogen functional groups attached to an aromatic ring is 1. The van der Waals surface area contributed by atoms with Crippen LogP contribution in [0.3, 0.4) is 0 Å². The standard InChI is InChI=1S/C13H12BrN3O/c1-8-6-10(14)7-11(15)12(8)17-13(18)9-2-4-16-5-3-9/h2-7H,15H2,1H3,(H,17,18). The Morgan fingerprint density at radius 1 is 1.33 bits per heavy atom. The van der Waals surface area contributed by atoms with Crippen molar-refractivity contribution in [3.8, 4) is 0 Å². The Morgan fingerprint density at radius 2 is 2.00 bits per heavy atom. The highest BCUT2D eigenvalue weighted by Gasteiger charge is 2.10. The number of carbonyl (C=O) groups is 1. The van der Waals surface area contributed by atoms with Gasteiger partial charge in [-0.2, -0.15) is 0 Å². The van der Waals surface area contributed by atoms with Gasteiger partial charge in [-0.05, 0) is 36.8 Å². The SMILES string of the molecule is Cc1cc(Br)cc(N)c1NC(=O)c1ccncc1. The first kappa shape index (κ1) is 12.6. The first-order valence-corrected chi connectivity index (χ1v) is 6.14. The van der Waals surface area contributed by atoms with Gasteiger partial charge in [0.15, 0.2) is 0 Å². The van der Waals surface area contributed by atoms with Crippen LogP contribution in [0.25, 0.3) is 0 Å². The predicted molar refractivity (Wildman–Crippen MR) is 75.5 cm³/mol. The van der Waals surface area contributed by atoms with Gasteiger partial charge in [-0.3, -0.25) is 9.78 Å². The minimum Gasteiger partial charge on any atom is -0.397 e. The van der Waals surface area contributed by atoms with Crippen molar-refractivity contribution in [1.82, 2.24) is 4.98 Å². The van der Waals surface area contributed by atoms with Gasteiger partial charge in [-0.1, -0.05) is 15.9 Å². The maximum absolute atomic E-state index is 12.0. The minimum absolute atomic E-state index is 0.200. The number of nitrogens with one attached hydrogen (secondary N) is 1. The lowest BCUT2D eigenvalue weighted by Crippen LogP contribution is -2.14. The molecule has 0 saturated carbocycles. The Bertz CT molecular complexity index is 561. The van der Waals surface area contributed by atoms with Crippen LogP contribution in [0.15, 0.2) is 41.1 Å². The molecule has 18 heavy (non-hydrogen) atoms. The van der Waals surface area contributed by atoms with E-state index in [-0.39, 0.29) is 5.91 Å². The first-order valence-electron chi connectivity index (χ1n) is 5.35. The van der Waals surface area contributed by atoms with Gasteiger partial charge in [0.2, 0.25) is 0 Å². The maximum atomic E-state index is 12.0. The Hall–Kier alpha value is -1.88. The predicted octanol–water partition coefficient (Wildman–Crippen LogP) is 2.99. The maximum Gasteiger partial charge on any atom is 0.255 e. The minimum atomic E-state index is -0.200. The molecular formula is C13H12BrN3O. The zero-order valence-corrected chi connectivity index (χ0v) is 11.4. The number of aromatic nitrogens is 1. The van der Waals surface area contributed by atoms with Crippen LogP contribution in [0.5, 0.6) is 0 Å². The van der Waals surface area contributed by atoms with E-state index < -0.39 is 0 Å². The molecule has 0 radical (unpaired) electrons. The summed E-state index contributed by atoms with van der Waals surface area (Å²) in [7, 11) is 0. The van der Waals surface area contributed by atoms with Gasteiger partial charge in [-0.15, -0.1) is 0 Å². The summed E-state index contributed by atoms with van der Waals surface area (Å²) in [6.45, 7) is 1.89. The summed E-state index contributed by atoms with van der Waals surface area (Å²) in [6.07, 6.45) is 3.15. The summed E-state index contributed by atoms with van der Waals surface area (Å²) in [5, 5.41) is 2.81. The summed E-state index contributed by atoms with van der Waals surface area (Å²) in [5.74, 6) is -0.200. The second-order valence-electron chi connectivity index (χ2n) is 3.88. The Labute approximate surface area is 113 Å². The third-order valence-corrected chi connectivity index (χ3v) is 2.97. The van der Waals surface area contributed by atoms with E-state index in [9.17, 15) is 4.79 Å². The molecule has 1 heterocycles. The zero-order chi connectivity index (χ0) is 13.1. The number of hydrogen-bond acceptors (Lipinski definition) is 3. The number of benzene rings is 1. The Balaban J connectivity index is 2.28. The van der Waals surface area contributed by atoms with Gasteiger partial charge in [0.05, 0.1) is 11.4 Å². The van der Waals surface area contributed by atoms with E-state index in [1.807, 2.05) is 13.0 Å². The van der Waals surface area contributed by atoms with Crippen LogP contribution in [0.4, 0.5) is 11.4 Å². The molecule has 4 nitrogen and oxygen atoms in total.